The van der Waals surface area contributed by atoms with E-state index < -0.39 is 0 Å². The Bertz CT molecular complexity index is 259. The summed E-state index contributed by atoms with van der Waals surface area (Å²) in [7, 11) is 0. The summed E-state index contributed by atoms with van der Waals surface area (Å²) in [6, 6.07) is 0. The van der Waals surface area contributed by atoms with Gasteiger partial charge in [0, 0.05) is 0 Å². The molecule has 0 aromatic heterocycles. The maximum atomic E-state index is 2.58. The third-order valence-electron chi connectivity index (χ3n) is 5.29. The Morgan fingerprint density at radius 1 is 1.27 bits per heavy atom. The first kappa shape index (κ1) is 9.93. The lowest BCUT2D eigenvalue weighted by Crippen LogP contribution is -2.28. The van der Waals surface area contributed by atoms with Gasteiger partial charge in [-0.05, 0) is 55.3 Å². The second-order valence-electron chi connectivity index (χ2n) is 6.04. The first-order valence-electron chi connectivity index (χ1n) is 6.84. The summed E-state index contributed by atoms with van der Waals surface area (Å²) < 4.78 is 0. The third kappa shape index (κ3) is 1.57. The van der Waals surface area contributed by atoms with Crippen molar-refractivity contribution in [2.24, 2.45) is 17.3 Å². The molecule has 0 saturated heterocycles. The van der Waals surface area contributed by atoms with E-state index in [1.807, 2.05) is 5.92 Å². The topological polar surface area (TPSA) is 0 Å². The first-order valence-corrected chi connectivity index (χ1v) is 6.84. The Balaban J connectivity index is 1.73. The van der Waals surface area contributed by atoms with Gasteiger partial charge >= 0.3 is 0 Å². The van der Waals surface area contributed by atoms with Crippen LogP contribution < -0.4 is 0 Å². The Morgan fingerprint density at radius 2 is 2.07 bits per heavy atom. The molecular weight excluding hydrogens is 180 g/mol. The monoisotopic (exact) mass is 203 g/mol. The molecule has 0 amide bonds. The van der Waals surface area contributed by atoms with E-state index in [0.29, 0.717) is 5.41 Å². The summed E-state index contributed by atoms with van der Waals surface area (Å²) in [5, 5.41) is 0. The van der Waals surface area contributed by atoms with Crippen LogP contribution >= 0.6 is 0 Å². The van der Waals surface area contributed by atoms with E-state index in [9.17, 15) is 0 Å². The van der Waals surface area contributed by atoms with Crippen molar-refractivity contribution in [3.63, 3.8) is 0 Å². The van der Waals surface area contributed by atoms with Crippen LogP contribution in [0.1, 0.15) is 58.3 Å². The first-order chi connectivity index (χ1) is 7.30. The van der Waals surface area contributed by atoms with Crippen molar-refractivity contribution < 1.29 is 0 Å². The van der Waals surface area contributed by atoms with E-state index in [4.69, 9.17) is 0 Å². The van der Waals surface area contributed by atoms with Gasteiger partial charge in [-0.1, -0.05) is 38.3 Å². The van der Waals surface area contributed by atoms with Crippen LogP contribution in [0.5, 0.6) is 0 Å². The Labute approximate surface area is 94.1 Å². The van der Waals surface area contributed by atoms with Crippen LogP contribution in [0.2, 0.25) is 0 Å². The molecule has 3 atom stereocenters. The molecule has 3 unspecified atom stereocenters. The minimum Gasteiger partial charge on any atom is -0.0848 e. The number of allylic oxidation sites excluding steroid dienone is 2. The minimum absolute atomic E-state index is 0.608. The third-order valence-corrected chi connectivity index (χ3v) is 5.29. The molecule has 83 valence electrons. The average Bonchev–Trinajstić information content (AvgIpc) is 2.90. The van der Waals surface area contributed by atoms with Gasteiger partial charge < -0.3 is 0 Å². The lowest BCUT2D eigenvalue weighted by Gasteiger charge is -2.38. The quantitative estimate of drug-likeness (QED) is 0.579. The van der Waals surface area contributed by atoms with Crippen molar-refractivity contribution in [3.8, 4) is 0 Å². The highest BCUT2D eigenvalue weighted by molar-refractivity contribution is 5.21. The van der Waals surface area contributed by atoms with Crippen LogP contribution in [0.3, 0.4) is 0 Å². The van der Waals surface area contributed by atoms with Gasteiger partial charge in [0.05, 0.1) is 0 Å². The molecule has 0 aromatic rings. The van der Waals surface area contributed by atoms with Crippen molar-refractivity contribution in [2.45, 2.75) is 58.3 Å². The molecule has 2 fully saturated rings. The predicted octanol–water partition coefficient (Wildman–Crippen LogP) is 4.52. The molecule has 3 rings (SSSR count). The molecule has 0 aliphatic heterocycles. The highest BCUT2D eigenvalue weighted by atomic mass is 14.5. The molecule has 2 bridgehead atoms. The van der Waals surface area contributed by atoms with E-state index in [2.05, 4.69) is 19.1 Å². The fourth-order valence-electron chi connectivity index (χ4n) is 4.17. The normalized spacial score (nSPS) is 42.3. The largest absolute Gasteiger partial charge is 0.0848 e. The fourth-order valence-corrected chi connectivity index (χ4v) is 4.17. The Hall–Kier alpha value is -0.260. The summed E-state index contributed by atoms with van der Waals surface area (Å²) >= 11 is 0. The SMILES string of the molecule is CC([C]1CCCCC1)C12C=CC(CC1)C2. The molecule has 2 saturated carbocycles. The van der Waals surface area contributed by atoms with E-state index >= 15 is 0 Å². The summed E-state index contributed by atoms with van der Waals surface area (Å²) in [6.45, 7) is 2.51. The molecule has 0 heteroatoms. The Kier molecular flexibility index (Phi) is 2.41. The lowest BCUT2D eigenvalue weighted by molar-refractivity contribution is 0.242. The van der Waals surface area contributed by atoms with Gasteiger partial charge in [-0.15, -0.1) is 0 Å². The van der Waals surface area contributed by atoms with Crippen LogP contribution in [0.4, 0.5) is 0 Å². The average molecular weight is 203 g/mol. The van der Waals surface area contributed by atoms with Crippen LogP contribution in [0.25, 0.3) is 0 Å². The zero-order chi connectivity index (χ0) is 10.3. The second kappa shape index (κ2) is 3.64. The van der Waals surface area contributed by atoms with Gasteiger partial charge in [0.25, 0.3) is 0 Å². The summed E-state index contributed by atoms with van der Waals surface area (Å²) in [5.41, 5.74) is 0.608. The van der Waals surface area contributed by atoms with Gasteiger partial charge in [0.2, 0.25) is 0 Å². The fraction of sp³-hybridized carbons (Fsp3) is 0.800. The zero-order valence-corrected chi connectivity index (χ0v) is 9.97. The standard InChI is InChI=1S/C15H23/c1-12(14-5-3-2-4-6-14)15-9-7-13(11-15)8-10-15/h7,9,12-13H,2-6,8,10-11H2,1H3. The van der Waals surface area contributed by atoms with Gasteiger partial charge in [-0.25, -0.2) is 0 Å². The van der Waals surface area contributed by atoms with Crippen molar-refractivity contribution in [1.29, 1.82) is 0 Å². The van der Waals surface area contributed by atoms with Crippen molar-refractivity contribution in [3.05, 3.63) is 18.1 Å². The van der Waals surface area contributed by atoms with Crippen molar-refractivity contribution >= 4 is 0 Å². The molecule has 0 N–H and O–H groups in total. The molecule has 3 aliphatic rings. The summed E-state index contributed by atoms with van der Waals surface area (Å²) in [4.78, 5) is 0. The lowest BCUT2D eigenvalue weighted by atomic mass is 9.66. The highest BCUT2D eigenvalue weighted by Crippen LogP contribution is 2.57. The van der Waals surface area contributed by atoms with Gasteiger partial charge in [-0.2, -0.15) is 0 Å². The van der Waals surface area contributed by atoms with Crippen molar-refractivity contribution in [1.82, 2.24) is 0 Å². The maximum absolute atomic E-state index is 2.58. The molecule has 3 aliphatic carbocycles. The smallest absolute Gasteiger partial charge is 0.00812 e. The summed E-state index contributed by atoms with van der Waals surface area (Å²) in [6.07, 6.45) is 16.7. The number of fused-ring (bicyclic) bond motifs is 2. The van der Waals surface area contributed by atoms with Crippen molar-refractivity contribution in [2.75, 3.05) is 0 Å². The number of hydrogen-bond acceptors (Lipinski definition) is 0. The van der Waals surface area contributed by atoms with Gasteiger partial charge in [0.15, 0.2) is 0 Å². The van der Waals surface area contributed by atoms with Crippen LogP contribution in [-0.4, -0.2) is 0 Å². The van der Waals surface area contributed by atoms with Gasteiger partial charge in [0.1, 0.15) is 0 Å². The van der Waals surface area contributed by atoms with E-state index in [0.717, 1.165) is 11.8 Å². The molecule has 0 aromatic carbocycles. The van der Waals surface area contributed by atoms with E-state index in [1.54, 1.807) is 0 Å². The molecule has 0 heterocycles. The van der Waals surface area contributed by atoms with E-state index in [1.165, 1.54) is 51.4 Å². The minimum atomic E-state index is 0.608. The van der Waals surface area contributed by atoms with Crippen LogP contribution in [-0.2, 0) is 0 Å². The summed E-state index contributed by atoms with van der Waals surface area (Å²) in [5.74, 6) is 3.71. The highest BCUT2D eigenvalue weighted by Gasteiger charge is 2.46. The van der Waals surface area contributed by atoms with Crippen LogP contribution in [0, 0.1) is 23.2 Å². The molecule has 0 nitrogen and oxygen atoms in total. The van der Waals surface area contributed by atoms with E-state index in [-0.39, 0.29) is 0 Å². The maximum Gasteiger partial charge on any atom is -0.00812 e. The zero-order valence-electron chi connectivity index (χ0n) is 9.97. The molecule has 1 radical (unpaired) electrons. The molecule has 15 heavy (non-hydrogen) atoms. The number of rotatable bonds is 2. The molecular formula is C15H23. The number of hydrogen-bond donors (Lipinski definition) is 0. The predicted molar refractivity (Wildman–Crippen MR) is 64.4 cm³/mol. The second-order valence-corrected chi connectivity index (χ2v) is 6.04. The Morgan fingerprint density at radius 3 is 2.60 bits per heavy atom. The van der Waals surface area contributed by atoms with Gasteiger partial charge in [-0.3, -0.25) is 0 Å². The molecule has 0 spiro atoms. The van der Waals surface area contributed by atoms with Crippen LogP contribution in [0.15, 0.2) is 12.2 Å².